The van der Waals surface area contributed by atoms with Gasteiger partial charge in [0.1, 0.15) is 5.75 Å². The van der Waals surface area contributed by atoms with E-state index in [4.69, 9.17) is 9.47 Å². The molecule has 1 aromatic heterocycles. The van der Waals surface area contributed by atoms with Gasteiger partial charge in [0.15, 0.2) is 4.88 Å². The third-order valence-corrected chi connectivity index (χ3v) is 4.83. The number of rotatable bonds is 8. The molecule has 0 aliphatic rings. The van der Waals surface area contributed by atoms with E-state index in [1.165, 1.54) is 0 Å². The SMILES string of the molecule is CCOc1ccccc1NC(=O)C(OC(=O)c1snnc1CC)c1ccccc1. The monoisotopic (exact) mass is 411 g/mol. The molecular formula is C21H21N3O4S. The summed E-state index contributed by atoms with van der Waals surface area (Å²) in [6.07, 6.45) is -0.588. The van der Waals surface area contributed by atoms with Crippen LogP contribution in [0.15, 0.2) is 54.6 Å². The highest BCUT2D eigenvalue weighted by Crippen LogP contribution is 2.27. The number of anilines is 1. The van der Waals surface area contributed by atoms with Gasteiger partial charge >= 0.3 is 5.97 Å². The standard InChI is InChI=1S/C21H21N3O4S/c1-3-15-19(29-24-23-15)21(26)28-18(14-10-6-5-7-11-14)20(25)22-16-12-8-9-13-17(16)27-4-2/h5-13,18H,3-4H2,1-2H3,(H,22,25). The summed E-state index contributed by atoms with van der Waals surface area (Å²) in [5.41, 5.74) is 1.61. The van der Waals surface area contributed by atoms with Crippen molar-refractivity contribution in [2.45, 2.75) is 26.4 Å². The Morgan fingerprint density at radius 3 is 2.52 bits per heavy atom. The lowest BCUT2D eigenvalue weighted by molar-refractivity contribution is -0.125. The Labute approximate surface area is 172 Å². The summed E-state index contributed by atoms with van der Waals surface area (Å²) in [6.45, 7) is 4.20. The van der Waals surface area contributed by atoms with Crippen molar-refractivity contribution in [2.24, 2.45) is 0 Å². The second kappa shape index (κ2) is 9.79. The minimum atomic E-state index is -1.13. The number of carbonyl (C=O) groups is 2. The predicted molar refractivity (Wildman–Crippen MR) is 110 cm³/mol. The number of nitrogens with one attached hydrogen (secondary N) is 1. The number of hydrogen-bond acceptors (Lipinski definition) is 7. The number of ether oxygens (including phenoxy) is 2. The van der Waals surface area contributed by atoms with Gasteiger partial charge in [-0.1, -0.05) is 53.9 Å². The molecule has 1 amide bonds. The third-order valence-electron chi connectivity index (χ3n) is 4.09. The molecule has 0 spiro atoms. The van der Waals surface area contributed by atoms with Crippen molar-refractivity contribution < 1.29 is 19.1 Å². The van der Waals surface area contributed by atoms with Gasteiger partial charge in [-0.2, -0.15) is 0 Å². The van der Waals surface area contributed by atoms with Crippen molar-refractivity contribution >= 4 is 29.1 Å². The van der Waals surface area contributed by atoms with E-state index in [-0.39, 0.29) is 0 Å². The summed E-state index contributed by atoms with van der Waals surface area (Å²) in [4.78, 5) is 26.1. The van der Waals surface area contributed by atoms with E-state index < -0.39 is 18.0 Å². The number of aromatic nitrogens is 2. The molecule has 1 heterocycles. The van der Waals surface area contributed by atoms with Crippen molar-refractivity contribution in [3.63, 3.8) is 0 Å². The van der Waals surface area contributed by atoms with Crippen LogP contribution in [0.5, 0.6) is 5.75 Å². The van der Waals surface area contributed by atoms with Gasteiger partial charge in [-0.3, -0.25) is 4.79 Å². The predicted octanol–water partition coefficient (Wildman–Crippen LogP) is 4.04. The number of nitrogens with zero attached hydrogens (tertiary/aromatic N) is 2. The van der Waals surface area contributed by atoms with Crippen LogP contribution in [0, 0.1) is 0 Å². The van der Waals surface area contributed by atoms with Gasteiger partial charge in [0.25, 0.3) is 5.91 Å². The zero-order chi connectivity index (χ0) is 20.6. The average molecular weight is 411 g/mol. The zero-order valence-electron chi connectivity index (χ0n) is 16.1. The van der Waals surface area contributed by atoms with Crippen LogP contribution in [0.2, 0.25) is 0 Å². The molecule has 2 aromatic carbocycles. The summed E-state index contributed by atoms with van der Waals surface area (Å²) < 4.78 is 15.0. The normalized spacial score (nSPS) is 11.5. The van der Waals surface area contributed by atoms with E-state index >= 15 is 0 Å². The molecule has 3 rings (SSSR count). The average Bonchev–Trinajstić information content (AvgIpc) is 3.23. The van der Waals surface area contributed by atoms with E-state index in [0.717, 1.165) is 11.5 Å². The first-order chi connectivity index (χ1) is 14.1. The Hall–Kier alpha value is -3.26. The Kier molecular flexibility index (Phi) is 6.91. The fraction of sp³-hybridized carbons (Fsp3) is 0.238. The molecule has 0 saturated heterocycles. The van der Waals surface area contributed by atoms with Gasteiger partial charge in [-0.05, 0) is 37.0 Å². The van der Waals surface area contributed by atoms with Crippen molar-refractivity contribution in [1.29, 1.82) is 0 Å². The van der Waals surface area contributed by atoms with Gasteiger partial charge in [0.2, 0.25) is 6.10 Å². The van der Waals surface area contributed by atoms with Crippen LogP contribution in [0.3, 0.4) is 0 Å². The first kappa shape index (κ1) is 20.5. The highest BCUT2D eigenvalue weighted by atomic mass is 32.1. The fourth-order valence-corrected chi connectivity index (χ4v) is 3.34. The van der Waals surface area contributed by atoms with E-state index in [2.05, 4.69) is 14.9 Å². The molecule has 1 N–H and O–H groups in total. The molecule has 3 aromatic rings. The third kappa shape index (κ3) is 4.97. The highest BCUT2D eigenvalue weighted by molar-refractivity contribution is 7.07. The van der Waals surface area contributed by atoms with Crippen molar-refractivity contribution in [3.05, 3.63) is 70.7 Å². The minimum Gasteiger partial charge on any atom is -0.492 e. The van der Waals surface area contributed by atoms with Crippen LogP contribution in [-0.4, -0.2) is 28.1 Å². The van der Waals surface area contributed by atoms with Gasteiger partial charge in [-0.15, -0.1) is 5.10 Å². The van der Waals surface area contributed by atoms with Crippen LogP contribution in [-0.2, 0) is 16.0 Å². The number of esters is 1. The maximum absolute atomic E-state index is 13.1. The maximum atomic E-state index is 13.1. The zero-order valence-corrected chi connectivity index (χ0v) is 16.9. The van der Waals surface area contributed by atoms with E-state index in [0.29, 0.717) is 40.6 Å². The van der Waals surface area contributed by atoms with E-state index in [1.54, 1.807) is 42.5 Å². The summed E-state index contributed by atoms with van der Waals surface area (Å²) in [5, 5.41) is 6.74. The number of amides is 1. The topological polar surface area (TPSA) is 90.4 Å². The molecule has 8 heteroatoms. The molecule has 7 nitrogen and oxygen atoms in total. The quantitative estimate of drug-likeness (QED) is 0.563. The molecule has 0 bridgehead atoms. The number of benzene rings is 2. The van der Waals surface area contributed by atoms with Crippen LogP contribution < -0.4 is 10.1 Å². The first-order valence-electron chi connectivity index (χ1n) is 9.23. The Balaban J connectivity index is 1.86. The number of para-hydroxylation sites is 2. The van der Waals surface area contributed by atoms with Crippen molar-refractivity contribution in [3.8, 4) is 5.75 Å². The van der Waals surface area contributed by atoms with E-state index in [9.17, 15) is 9.59 Å². The second-order valence-corrected chi connectivity index (χ2v) is 6.77. The first-order valence-corrected chi connectivity index (χ1v) is 10.0. The van der Waals surface area contributed by atoms with Gasteiger partial charge in [0.05, 0.1) is 18.0 Å². The van der Waals surface area contributed by atoms with Gasteiger partial charge in [0, 0.05) is 5.56 Å². The van der Waals surface area contributed by atoms with Crippen molar-refractivity contribution in [1.82, 2.24) is 9.59 Å². The molecule has 1 unspecified atom stereocenters. The lowest BCUT2D eigenvalue weighted by atomic mass is 10.1. The van der Waals surface area contributed by atoms with Gasteiger partial charge in [-0.25, -0.2) is 4.79 Å². The number of aryl methyl sites for hydroxylation is 1. The molecule has 29 heavy (non-hydrogen) atoms. The molecule has 0 aliphatic heterocycles. The van der Waals surface area contributed by atoms with E-state index in [1.807, 2.05) is 26.0 Å². The van der Waals surface area contributed by atoms with Crippen LogP contribution in [0.25, 0.3) is 0 Å². The van der Waals surface area contributed by atoms with Crippen LogP contribution in [0.4, 0.5) is 5.69 Å². The second-order valence-electron chi connectivity index (χ2n) is 6.02. The smallest absolute Gasteiger partial charge is 0.353 e. The van der Waals surface area contributed by atoms with Gasteiger partial charge < -0.3 is 14.8 Å². The summed E-state index contributed by atoms with van der Waals surface area (Å²) >= 11 is 0.957. The Morgan fingerprint density at radius 1 is 1.07 bits per heavy atom. The number of hydrogen-bond donors (Lipinski definition) is 1. The minimum absolute atomic E-state index is 0.302. The fourth-order valence-electron chi connectivity index (χ4n) is 2.71. The molecule has 0 fully saturated rings. The Bertz CT molecular complexity index is 975. The van der Waals surface area contributed by atoms with Crippen LogP contribution >= 0.6 is 11.5 Å². The molecule has 0 radical (unpaired) electrons. The molecule has 1 atom stereocenters. The molecule has 150 valence electrons. The molecular weight excluding hydrogens is 390 g/mol. The lowest BCUT2D eigenvalue weighted by Gasteiger charge is -2.19. The lowest BCUT2D eigenvalue weighted by Crippen LogP contribution is -2.26. The summed E-state index contributed by atoms with van der Waals surface area (Å²) in [7, 11) is 0. The highest BCUT2D eigenvalue weighted by Gasteiger charge is 2.28. The summed E-state index contributed by atoms with van der Waals surface area (Å²) in [5.74, 6) is -0.562. The number of carbonyl (C=O) groups excluding carboxylic acids is 2. The molecule has 0 saturated carbocycles. The summed E-state index contributed by atoms with van der Waals surface area (Å²) in [6, 6.07) is 16.0. The van der Waals surface area contributed by atoms with Crippen molar-refractivity contribution in [2.75, 3.05) is 11.9 Å². The Morgan fingerprint density at radius 2 is 1.79 bits per heavy atom. The maximum Gasteiger partial charge on any atom is 0.353 e. The van der Waals surface area contributed by atoms with Crippen LogP contribution in [0.1, 0.15) is 40.9 Å². The largest absolute Gasteiger partial charge is 0.492 e. The molecule has 0 aliphatic carbocycles.